The summed E-state index contributed by atoms with van der Waals surface area (Å²) < 4.78 is 10.9. The lowest BCUT2D eigenvalue weighted by Gasteiger charge is -2.29. The Hall–Kier alpha value is -0.120. The molecule has 0 aromatic carbocycles. The van der Waals surface area contributed by atoms with E-state index in [9.17, 15) is 0 Å². The van der Waals surface area contributed by atoms with Gasteiger partial charge in [-0.05, 0) is 13.0 Å². The number of hydrogen-bond acceptors (Lipinski definition) is 3. The molecule has 3 nitrogen and oxygen atoms in total. The third-order valence-corrected chi connectivity index (χ3v) is 3.86. The van der Waals surface area contributed by atoms with E-state index >= 15 is 0 Å². The number of nitrogens with zero attached hydrogens (tertiary/aromatic N) is 1. The Kier molecular flexibility index (Phi) is 5.26. The van der Waals surface area contributed by atoms with Gasteiger partial charge in [-0.2, -0.15) is 0 Å². The number of hydrogen-bond donors (Lipinski definition) is 0. The summed E-state index contributed by atoms with van der Waals surface area (Å²) in [7, 11) is 0. The lowest BCUT2D eigenvalue weighted by Crippen LogP contribution is -2.41. The first kappa shape index (κ1) is 13.3. The number of rotatable bonds is 10. The highest BCUT2D eigenvalue weighted by Crippen LogP contribution is 2.26. The van der Waals surface area contributed by atoms with E-state index < -0.39 is 0 Å². The van der Waals surface area contributed by atoms with E-state index in [1.807, 2.05) is 0 Å². The third-order valence-electron chi connectivity index (χ3n) is 3.86. The second-order valence-corrected chi connectivity index (χ2v) is 5.33. The topological polar surface area (TPSA) is 28.3 Å². The van der Waals surface area contributed by atoms with Crippen molar-refractivity contribution >= 4 is 0 Å². The van der Waals surface area contributed by atoms with Crippen molar-refractivity contribution in [3.63, 3.8) is 0 Å². The van der Waals surface area contributed by atoms with E-state index in [1.165, 1.54) is 32.1 Å². The Labute approximate surface area is 105 Å². The molecule has 2 fully saturated rings. The molecule has 3 atom stereocenters. The van der Waals surface area contributed by atoms with Gasteiger partial charge in [0, 0.05) is 12.6 Å². The molecule has 2 aliphatic rings. The molecule has 3 heteroatoms. The van der Waals surface area contributed by atoms with Gasteiger partial charge < -0.3 is 9.47 Å². The van der Waals surface area contributed by atoms with Gasteiger partial charge in [0.2, 0.25) is 0 Å². The van der Waals surface area contributed by atoms with Crippen molar-refractivity contribution < 1.29 is 9.47 Å². The minimum absolute atomic E-state index is 0.506. The molecule has 0 amide bonds. The minimum Gasteiger partial charge on any atom is -0.372 e. The van der Waals surface area contributed by atoms with Gasteiger partial charge in [0.05, 0.1) is 25.4 Å². The standard InChI is InChI=1S/C14H27NO2/c1-3-5-6-7-8-13(14-11-17-14)15(4-2)9-12-10-16-12/h12-14H,3-11H2,1-2H3. The fourth-order valence-corrected chi connectivity index (χ4v) is 2.60. The zero-order valence-electron chi connectivity index (χ0n) is 11.4. The SMILES string of the molecule is CCCCCCC(C1CO1)N(CC)CC1CO1. The van der Waals surface area contributed by atoms with E-state index in [0.717, 1.165) is 26.3 Å². The molecule has 0 saturated carbocycles. The van der Waals surface area contributed by atoms with Gasteiger partial charge in [-0.3, -0.25) is 4.90 Å². The number of unbranched alkanes of at least 4 members (excludes halogenated alkanes) is 3. The van der Waals surface area contributed by atoms with Crippen LogP contribution in [0.15, 0.2) is 0 Å². The molecule has 100 valence electrons. The van der Waals surface area contributed by atoms with E-state index in [0.29, 0.717) is 18.2 Å². The molecule has 3 unspecified atom stereocenters. The lowest BCUT2D eigenvalue weighted by atomic mass is 10.0. The van der Waals surface area contributed by atoms with Crippen molar-refractivity contribution in [3.05, 3.63) is 0 Å². The highest BCUT2D eigenvalue weighted by molar-refractivity contribution is 4.89. The van der Waals surface area contributed by atoms with Crippen LogP contribution < -0.4 is 0 Å². The summed E-state index contributed by atoms with van der Waals surface area (Å²) in [4.78, 5) is 2.57. The summed E-state index contributed by atoms with van der Waals surface area (Å²) in [6, 6.07) is 0.640. The van der Waals surface area contributed by atoms with Gasteiger partial charge in [-0.25, -0.2) is 0 Å². The zero-order valence-corrected chi connectivity index (χ0v) is 11.4. The Bertz CT molecular complexity index is 214. The largest absolute Gasteiger partial charge is 0.372 e. The van der Waals surface area contributed by atoms with E-state index in [4.69, 9.17) is 9.47 Å². The van der Waals surface area contributed by atoms with Crippen molar-refractivity contribution in [1.82, 2.24) is 4.90 Å². The predicted molar refractivity (Wildman–Crippen MR) is 69.3 cm³/mol. The highest BCUT2D eigenvalue weighted by Gasteiger charge is 2.38. The van der Waals surface area contributed by atoms with Crippen molar-refractivity contribution in [2.75, 3.05) is 26.3 Å². The first-order chi connectivity index (χ1) is 8.35. The van der Waals surface area contributed by atoms with Gasteiger partial charge >= 0.3 is 0 Å². The molecule has 0 bridgehead atoms. The van der Waals surface area contributed by atoms with E-state index in [-0.39, 0.29) is 0 Å². The molecule has 0 N–H and O–H groups in total. The monoisotopic (exact) mass is 241 g/mol. The van der Waals surface area contributed by atoms with Gasteiger partial charge in [0.1, 0.15) is 0 Å². The van der Waals surface area contributed by atoms with Gasteiger partial charge in [-0.1, -0.05) is 39.5 Å². The summed E-state index contributed by atoms with van der Waals surface area (Å²) in [5.41, 5.74) is 0. The summed E-state index contributed by atoms with van der Waals surface area (Å²) in [6.07, 6.45) is 7.72. The van der Waals surface area contributed by atoms with Crippen LogP contribution in [0.4, 0.5) is 0 Å². The Morgan fingerprint density at radius 1 is 1.12 bits per heavy atom. The zero-order chi connectivity index (χ0) is 12.1. The molecule has 0 aliphatic carbocycles. The number of epoxide rings is 2. The van der Waals surface area contributed by atoms with Crippen LogP contribution in [-0.4, -0.2) is 49.5 Å². The second-order valence-electron chi connectivity index (χ2n) is 5.33. The Morgan fingerprint density at radius 3 is 2.41 bits per heavy atom. The molecule has 2 heterocycles. The Morgan fingerprint density at radius 2 is 1.88 bits per heavy atom. The van der Waals surface area contributed by atoms with Crippen molar-refractivity contribution in [1.29, 1.82) is 0 Å². The van der Waals surface area contributed by atoms with Crippen molar-refractivity contribution in [2.45, 2.75) is 64.2 Å². The summed E-state index contributed by atoms with van der Waals surface area (Å²) in [5.74, 6) is 0. The average molecular weight is 241 g/mol. The molecule has 0 radical (unpaired) electrons. The van der Waals surface area contributed by atoms with Crippen molar-refractivity contribution in [2.24, 2.45) is 0 Å². The maximum atomic E-state index is 5.53. The summed E-state index contributed by atoms with van der Waals surface area (Å²) in [5, 5.41) is 0. The van der Waals surface area contributed by atoms with Crippen LogP contribution in [0.3, 0.4) is 0 Å². The van der Waals surface area contributed by atoms with Crippen molar-refractivity contribution in [3.8, 4) is 0 Å². The summed E-state index contributed by atoms with van der Waals surface area (Å²) in [6.45, 7) is 8.69. The molecular weight excluding hydrogens is 214 g/mol. The number of likely N-dealkylation sites (N-methyl/N-ethyl adjacent to an activating group) is 1. The molecular formula is C14H27NO2. The molecule has 17 heavy (non-hydrogen) atoms. The van der Waals surface area contributed by atoms with Gasteiger partial charge in [0.25, 0.3) is 0 Å². The van der Waals surface area contributed by atoms with Gasteiger partial charge in [-0.15, -0.1) is 0 Å². The normalized spacial score (nSPS) is 28.4. The summed E-state index contributed by atoms with van der Waals surface area (Å²) >= 11 is 0. The quantitative estimate of drug-likeness (QED) is 0.434. The molecule has 2 rings (SSSR count). The van der Waals surface area contributed by atoms with Crippen LogP contribution in [0.2, 0.25) is 0 Å². The second kappa shape index (κ2) is 6.72. The smallest absolute Gasteiger partial charge is 0.0964 e. The van der Waals surface area contributed by atoms with E-state index in [1.54, 1.807) is 0 Å². The molecule has 0 aromatic heterocycles. The maximum absolute atomic E-state index is 5.53. The van der Waals surface area contributed by atoms with Crippen LogP contribution in [-0.2, 0) is 9.47 Å². The molecule has 2 saturated heterocycles. The molecule has 0 aromatic rings. The fourth-order valence-electron chi connectivity index (χ4n) is 2.60. The maximum Gasteiger partial charge on any atom is 0.0964 e. The molecule has 0 spiro atoms. The fraction of sp³-hybridized carbons (Fsp3) is 1.00. The van der Waals surface area contributed by atoms with Crippen LogP contribution in [0, 0.1) is 0 Å². The first-order valence-electron chi connectivity index (χ1n) is 7.32. The third kappa shape index (κ3) is 4.57. The Balaban J connectivity index is 1.72. The molecule has 2 aliphatic heterocycles. The average Bonchev–Trinajstić information content (AvgIpc) is 3.20. The van der Waals surface area contributed by atoms with E-state index in [2.05, 4.69) is 18.7 Å². The van der Waals surface area contributed by atoms with Gasteiger partial charge in [0.15, 0.2) is 0 Å². The van der Waals surface area contributed by atoms with Crippen LogP contribution in [0.25, 0.3) is 0 Å². The van der Waals surface area contributed by atoms with Crippen LogP contribution >= 0.6 is 0 Å². The number of ether oxygens (including phenoxy) is 2. The first-order valence-corrected chi connectivity index (χ1v) is 7.32. The lowest BCUT2D eigenvalue weighted by molar-refractivity contribution is 0.145. The minimum atomic E-state index is 0.506. The predicted octanol–water partition coefficient (Wildman–Crippen LogP) is 2.44. The highest BCUT2D eigenvalue weighted by atomic mass is 16.6. The van der Waals surface area contributed by atoms with Crippen LogP contribution in [0.1, 0.15) is 46.0 Å². The van der Waals surface area contributed by atoms with Crippen LogP contribution in [0.5, 0.6) is 0 Å².